The maximum atomic E-state index is 12.8. The van der Waals surface area contributed by atoms with Crippen molar-refractivity contribution in [1.82, 2.24) is 26.0 Å². The highest BCUT2D eigenvalue weighted by Gasteiger charge is 2.48. The molecule has 0 radical (unpaired) electrons. The molecule has 9 nitrogen and oxygen atoms in total. The quantitative estimate of drug-likeness (QED) is 0.491. The zero-order chi connectivity index (χ0) is 21.4. The topological polar surface area (TPSA) is 111 Å². The van der Waals surface area contributed by atoms with Gasteiger partial charge in [0.05, 0.1) is 13.1 Å². The van der Waals surface area contributed by atoms with Gasteiger partial charge in [-0.3, -0.25) is 24.7 Å². The Kier molecular flexibility index (Phi) is 7.72. The molecule has 1 fully saturated rings. The smallest absolute Gasteiger partial charge is 0.344 e. The molecule has 0 saturated carbocycles. The molecule has 1 saturated heterocycles. The molecule has 0 bridgehead atoms. The number of amides is 5. The molecule has 0 aliphatic carbocycles. The maximum Gasteiger partial charge on any atom is 0.344 e. The van der Waals surface area contributed by atoms with Gasteiger partial charge in [0.15, 0.2) is 0 Å². The molecule has 1 atom stereocenters. The maximum absolute atomic E-state index is 12.8. The van der Waals surface area contributed by atoms with Gasteiger partial charge in [0, 0.05) is 6.54 Å². The second-order valence-corrected chi connectivity index (χ2v) is 7.18. The van der Waals surface area contributed by atoms with Crippen molar-refractivity contribution in [2.75, 3.05) is 26.2 Å². The largest absolute Gasteiger partial charge is 0.355 e. The average molecular weight is 403 g/mol. The van der Waals surface area contributed by atoms with Crippen LogP contribution in [0.4, 0.5) is 4.79 Å². The summed E-state index contributed by atoms with van der Waals surface area (Å²) in [7, 11) is 0. The first kappa shape index (κ1) is 22.4. The summed E-state index contributed by atoms with van der Waals surface area (Å²) in [4.78, 5) is 50.7. The molecule has 0 spiro atoms. The van der Waals surface area contributed by atoms with E-state index in [-0.39, 0.29) is 19.0 Å². The molecule has 3 N–H and O–H groups in total. The van der Waals surface area contributed by atoms with Crippen LogP contribution in [0.15, 0.2) is 30.3 Å². The predicted octanol–water partition coefficient (Wildman–Crippen LogP) is 0.419. The van der Waals surface area contributed by atoms with Crippen molar-refractivity contribution in [2.45, 2.75) is 39.2 Å². The summed E-state index contributed by atoms with van der Waals surface area (Å²) in [6.07, 6.45) is 1.02. The second-order valence-electron chi connectivity index (χ2n) is 7.18. The summed E-state index contributed by atoms with van der Waals surface area (Å²) in [5, 5.41) is 6.06. The summed E-state index contributed by atoms with van der Waals surface area (Å²) < 4.78 is 0. The van der Waals surface area contributed by atoms with Gasteiger partial charge in [0.25, 0.3) is 11.8 Å². The van der Waals surface area contributed by atoms with Crippen LogP contribution in [0, 0.1) is 0 Å². The monoisotopic (exact) mass is 403 g/mol. The van der Waals surface area contributed by atoms with Gasteiger partial charge in [-0.1, -0.05) is 37.3 Å². The van der Waals surface area contributed by atoms with Crippen molar-refractivity contribution in [2.24, 2.45) is 0 Å². The average Bonchev–Trinajstić information content (AvgIpc) is 2.90. The fourth-order valence-corrected chi connectivity index (χ4v) is 3.09. The van der Waals surface area contributed by atoms with Crippen LogP contribution in [-0.4, -0.2) is 65.4 Å². The zero-order valence-electron chi connectivity index (χ0n) is 17.2. The van der Waals surface area contributed by atoms with Crippen LogP contribution < -0.4 is 16.1 Å². The molecule has 5 amide bonds. The van der Waals surface area contributed by atoms with Gasteiger partial charge >= 0.3 is 6.03 Å². The fourth-order valence-electron chi connectivity index (χ4n) is 3.09. The molecule has 1 aliphatic heterocycles. The van der Waals surface area contributed by atoms with E-state index in [9.17, 15) is 19.2 Å². The van der Waals surface area contributed by atoms with Crippen LogP contribution in [0.3, 0.4) is 0 Å². The minimum absolute atomic E-state index is 0.0622. The number of nitrogens with one attached hydrogen (secondary N) is 3. The number of aryl methyl sites for hydroxylation is 1. The van der Waals surface area contributed by atoms with Crippen LogP contribution in [0.25, 0.3) is 0 Å². The number of benzene rings is 1. The minimum atomic E-state index is -1.09. The van der Waals surface area contributed by atoms with Crippen LogP contribution >= 0.6 is 0 Å². The Morgan fingerprint density at radius 3 is 2.38 bits per heavy atom. The molecule has 0 aromatic heterocycles. The Balaban J connectivity index is 1.92. The van der Waals surface area contributed by atoms with Crippen molar-refractivity contribution in [3.05, 3.63) is 35.9 Å². The Bertz CT molecular complexity index is 754. The second kappa shape index (κ2) is 10.0. The van der Waals surface area contributed by atoms with E-state index in [1.54, 1.807) is 11.8 Å². The molecular formula is C20H29N5O4. The molecule has 2 rings (SSSR count). The Labute approximate surface area is 170 Å². The highest BCUT2D eigenvalue weighted by molar-refractivity contribution is 6.07. The highest BCUT2D eigenvalue weighted by Crippen LogP contribution is 2.22. The van der Waals surface area contributed by atoms with E-state index < -0.39 is 23.4 Å². The molecule has 1 aromatic carbocycles. The Morgan fingerprint density at radius 1 is 1.10 bits per heavy atom. The van der Waals surface area contributed by atoms with Crippen LogP contribution in [0.5, 0.6) is 0 Å². The number of imide groups is 1. The molecule has 29 heavy (non-hydrogen) atoms. The summed E-state index contributed by atoms with van der Waals surface area (Å²) in [5.74, 6) is -1.23. The van der Waals surface area contributed by atoms with E-state index >= 15 is 0 Å². The number of carbonyl (C=O) groups is 4. The number of carbonyl (C=O) groups excluding carboxylic acids is 4. The van der Waals surface area contributed by atoms with E-state index in [2.05, 4.69) is 16.1 Å². The van der Waals surface area contributed by atoms with Crippen molar-refractivity contribution in [3.8, 4) is 0 Å². The number of urea groups is 1. The van der Waals surface area contributed by atoms with Gasteiger partial charge in [0.1, 0.15) is 5.54 Å². The number of hydrogen-bond donors (Lipinski definition) is 3. The molecular weight excluding hydrogens is 374 g/mol. The Hall–Kier alpha value is -2.94. The number of nitrogens with zero attached hydrogens (tertiary/aromatic N) is 2. The SMILES string of the molecule is CCNC(=O)CN(CC)CC(=O)NN1C(=O)N[C@](C)(CCc2ccccc2)C1=O. The normalized spacial score (nSPS) is 18.7. The lowest BCUT2D eigenvalue weighted by Crippen LogP contribution is -2.52. The number of rotatable bonds is 10. The first-order valence-corrected chi connectivity index (χ1v) is 9.78. The first-order chi connectivity index (χ1) is 13.8. The summed E-state index contributed by atoms with van der Waals surface area (Å²) >= 11 is 0. The van der Waals surface area contributed by atoms with Gasteiger partial charge in [-0.05, 0) is 38.8 Å². The van der Waals surface area contributed by atoms with Crippen molar-refractivity contribution < 1.29 is 19.2 Å². The molecule has 9 heteroatoms. The first-order valence-electron chi connectivity index (χ1n) is 9.78. The number of hydrazine groups is 1. The lowest BCUT2D eigenvalue weighted by molar-refractivity contribution is -0.139. The van der Waals surface area contributed by atoms with Gasteiger partial charge in [-0.25, -0.2) is 4.79 Å². The van der Waals surface area contributed by atoms with Gasteiger partial charge in [-0.2, -0.15) is 5.01 Å². The minimum Gasteiger partial charge on any atom is -0.355 e. The molecule has 0 unspecified atom stereocenters. The third-order valence-electron chi connectivity index (χ3n) is 4.81. The van der Waals surface area contributed by atoms with Crippen molar-refractivity contribution >= 4 is 23.8 Å². The van der Waals surface area contributed by atoms with Crippen LogP contribution in [0.1, 0.15) is 32.8 Å². The molecule has 158 valence electrons. The standard InChI is InChI=1S/C20H29N5O4/c1-4-21-16(26)13-24(5-2)14-17(27)23-25-18(28)20(3,22-19(25)29)12-11-15-9-7-6-8-10-15/h6-10H,4-5,11-14H2,1-3H3,(H,21,26)(H,22,29)(H,23,27)/t20-/m1/s1. The number of likely N-dealkylation sites (N-methyl/N-ethyl adjacent to an activating group) is 2. The summed E-state index contributed by atoms with van der Waals surface area (Å²) in [6.45, 7) is 6.22. The van der Waals surface area contributed by atoms with Crippen LogP contribution in [-0.2, 0) is 20.8 Å². The van der Waals surface area contributed by atoms with E-state index in [0.717, 1.165) is 10.6 Å². The fraction of sp³-hybridized carbons (Fsp3) is 0.500. The molecule has 1 aliphatic rings. The third kappa shape index (κ3) is 6.02. The van der Waals surface area contributed by atoms with E-state index in [0.29, 0.717) is 25.9 Å². The predicted molar refractivity (Wildman–Crippen MR) is 107 cm³/mol. The molecule has 1 aromatic rings. The number of hydrogen-bond acceptors (Lipinski definition) is 5. The lowest BCUT2D eigenvalue weighted by Gasteiger charge is -2.23. The van der Waals surface area contributed by atoms with Crippen molar-refractivity contribution in [1.29, 1.82) is 0 Å². The highest BCUT2D eigenvalue weighted by atomic mass is 16.2. The van der Waals surface area contributed by atoms with Gasteiger partial charge in [-0.15, -0.1) is 0 Å². The van der Waals surface area contributed by atoms with Crippen molar-refractivity contribution in [3.63, 3.8) is 0 Å². The third-order valence-corrected chi connectivity index (χ3v) is 4.81. The van der Waals surface area contributed by atoms with E-state index in [1.165, 1.54) is 0 Å². The van der Waals surface area contributed by atoms with E-state index in [4.69, 9.17) is 0 Å². The van der Waals surface area contributed by atoms with Gasteiger partial charge < -0.3 is 10.6 Å². The summed E-state index contributed by atoms with van der Waals surface area (Å²) in [6, 6.07) is 9.00. The van der Waals surface area contributed by atoms with Gasteiger partial charge in [0.2, 0.25) is 5.91 Å². The Morgan fingerprint density at radius 2 is 1.76 bits per heavy atom. The van der Waals surface area contributed by atoms with Crippen LogP contribution in [0.2, 0.25) is 0 Å². The van der Waals surface area contributed by atoms with E-state index in [1.807, 2.05) is 44.2 Å². The zero-order valence-corrected chi connectivity index (χ0v) is 17.2. The summed E-state index contributed by atoms with van der Waals surface area (Å²) in [5.41, 5.74) is 2.33. The molecule has 1 heterocycles. The lowest BCUT2D eigenvalue weighted by atomic mass is 9.93.